The summed E-state index contributed by atoms with van der Waals surface area (Å²) in [6.07, 6.45) is 13.0. The second kappa shape index (κ2) is 10.6. The van der Waals surface area contributed by atoms with Gasteiger partial charge < -0.3 is 0 Å². The molecular formula is C20H42Si2. The van der Waals surface area contributed by atoms with Gasteiger partial charge in [-0.2, -0.15) is 0 Å². The molecule has 0 N–H and O–H groups in total. The summed E-state index contributed by atoms with van der Waals surface area (Å²) < 4.78 is 0. The molecule has 0 aromatic rings. The average molecular weight is 339 g/mol. The van der Waals surface area contributed by atoms with Gasteiger partial charge >= 0.3 is 0 Å². The number of allylic oxidation sites excluding steroid dienone is 4. The summed E-state index contributed by atoms with van der Waals surface area (Å²) in [4.78, 5) is 0. The van der Waals surface area contributed by atoms with Crippen LogP contribution in [0.2, 0.25) is 51.4 Å². The second-order valence-electron chi connectivity index (χ2n) is 9.33. The quantitative estimate of drug-likeness (QED) is 0.265. The molecule has 0 rings (SSSR count). The van der Waals surface area contributed by atoms with Crippen molar-refractivity contribution in [3.8, 4) is 0 Å². The summed E-state index contributed by atoms with van der Waals surface area (Å²) in [7, 11) is -2.01. The minimum absolute atomic E-state index is 1.00. The highest BCUT2D eigenvalue weighted by atomic mass is 28.3. The Hall–Kier alpha value is -0.0862. The van der Waals surface area contributed by atoms with Crippen LogP contribution in [0.3, 0.4) is 0 Å². The third kappa shape index (κ3) is 13.6. The molecule has 0 amide bonds. The highest BCUT2D eigenvalue weighted by Crippen LogP contribution is 2.24. The lowest BCUT2D eigenvalue weighted by atomic mass is 10.1. The Morgan fingerprint density at radius 3 is 1.18 bits per heavy atom. The average Bonchev–Trinajstić information content (AvgIpc) is 2.35. The minimum Gasteiger partial charge on any atom is -0.0729 e. The van der Waals surface area contributed by atoms with Crippen LogP contribution in [0.25, 0.3) is 0 Å². The Balaban J connectivity index is 5.09. The van der Waals surface area contributed by atoms with E-state index in [1.165, 1.54) is 50.6 Å². The molecule has 0 radical (unpaired) electrons. The van der Waals surface area contributed by atoms with Gasteiger partial charge in [0.2, 0.25) is 0 Å². The Bertz CT molecular complexity index is 315. The van der Waals surface area contributed by atoms with Crippen molar-refractivity contribution in [3.05, 3.63) is 23.3 Å². The molecule has 0 aliphatic carbocycles. The molecule has 0 unspecified atom stereocenters. The summed E-state index contributed by atoms with van der Waals surface area (Å²) in [6, 6.07) is 2.75. The molecule has 2 heteroatoms. The normalized spacial score (nSPS) is 14.5. The highest BCUT2D eigenvalue weighted by molar-refractivity contribution is 6.77. The van der Waals surface area contributed by atoms with Crippen molar-refractivity contribution in [1.29, 1.82) is 0 Å². The van der Waals surface area contributed by atoms with Crippen molar-refractivity contribution in [2.75, 3.05) is 0 Å². The van der Waals surface area contributed by atoms with Gasteiger partial charge in [-0.25, -0.2) is 0 Å². The van der Waals surface area contributed by atoms with Crippen LogP contribution >= 0.6 is 0 Å². The van der Waals surface area contributed by atoms with E-state index in [2.05, 4.69) is 65.3 Å². The molecule has 0 spiro atoms. The van der Waals surface area contributed by atoms with Crippen molar-refractivity contribution < 1.29 is 0 Å². The van der Waals surface area contributed by atoms with Gasteiger partial charge in [0.1, 0.15) is 0 Å². The van der Waals surface area contributed by atoms with Gasteiger partial charge in [-0.15, -0.1) is 0 Å². The van der Waals surface area contributed by atoms with E-state index in [0.717, 1.165) is 0 Å². The smallest absolute Gasteiger partial charge is 0.0483 e. The molecule has 0 aliphatic heterocycles. The fourth-order valence-corrected chi connectivity index (χ4v) is 6.18. The maximum Gasteiger partial charge on any atom is 0.0483 e. The number of rotatable bonds is 11. The summed E-state index contributed by atoms with van der Waals surface area (Å²) in [5, 5.41) is 0. The minimum atomic E-state index is -1.00. The van der Waals surface area contributed by atoms with Crippen LogP contribution in [0.5, 0.6) is 0 Å². The summed E-state index contributed by atoms with van der Waals surface area (Å²) in [5.74, 6) is 0. The van der Waals surface area contributed by atoms with Crippen LogP contribution in [0.4, 0.5) is 0 Å². The van der Waals surface area contributed by atoms with E-state index in [1.807, 2.05) is 0 Å². The summed E-state index contributed by atoms with van der Waals surface area (Å²) in [5.41, 5.74) is 3.43. The monoisotopic (exact) mass is 338 g/mol. The summed E-state index contributed by atoms with van der Waals surface area (Å²) in [6.45, 7) is 19.6. The zero-order valence-electron chi connectivity index (χ0n) is 16.8. The van der Waals surface area contributed by atoms with Gasteiger partial charge in [0.15, 0.2) is 0 Å². The maximum absolute atomic E-state index is 2.51. The summed E-state index contributed by atoms with van der Waals surface area (Å²) >= 11 is 0. The van der Waals surface area contributed by atoms with Crippen molar-refractivity contribution in [1.82, 2.24) is 0 Å². The standard InChI is InChI=1S/C20H42Si2/c1-9-11-13-19(17-21(3,4)5)15-16-20(14-12-10-2)18-22(6,7)8/h15-16H,9-14,17-18H2,1-8H3/b19-15-,20-16-. The Morgan fingerprint density at radius 1 is 0.636 bits per heavy atom. The van der Waals surface area contributed by atoms with E-state index >= 15 is 0 Å². The highest BCUT2D eigenvalue weighted by Gasteiger charge is 2.16. The lowest BCUT2D eigenvalue weighted by Crippen LogP contribution is -2.20. The number of unbranched alkanes of at least 4 members (excludes halogenated alkanes) is 2. The molecule has 0 fully saturated rings. The lowest BCUT2D eigenvalue weighted by Gasteiger charge is -2.20. The predicted molar refractivity (Wildman–Crippen MR) is 112 cm³/mol. The molecule has 22 heavy (non-hydrogen) atoms. The van der Waals surface area contributed by atoms with Gasteiger partial charge in [0.25, 0.3) is 0 Å². The van der Waals surface area contributed by atoms with Crippen LogP contribution < -0.4 is 0 Å². The zero-order valence-corrected chi connectivity index (χ0v) is 18.8. The van der Waals surface area contributed by atoms with Crippen LogP contribution in [-0.4, -0.2) is 16.1 Å². The first kappa shape index (κ1) is 21.9. The molecule has 130 valence electrons. The van der Waals surface area contributed by atoms with Gasteiger partial charge in [-0.1, -0.05) is 89.3 Å². The van der Waals surface area contributed by atoms with Crippen LogP contribution in [0.15, 0.2) is 23.3 Å². The molecule has 0 heterocycles. The molecule has 0 saturated carbocycles. The molecule has 0 aliphatic rings. The molecular weight excluding hydrogens is 296 g/mol. The van der Waals surface area contributed by atoms with E-state index in [0.29, 0.717) is 0 Å². The first-order valence-corrected chi connectivity index (χ1v) is 16.9. The Labute approximate surface area is 143 Å². The van der Waals surface area contributed by atoms with E-state index in [9.17, 15) is 0 Å². The zero-order chi connectivity index (χ0) is 17.2. The second-order valence-corrected chi connectivity index (χ2v) is 20.3. The van der Waals surface area contributed by atoms with Crippen molar-refractivity contribution >= 4 is 16.1 Å². The fraction of sp³-hybridized carbons (Fsp3) is 0.800. The first-order chi connectivity index (χ1) is 10.1. The van der Waals surface area contributed by atoms with E-state index < -0.39 is 16.1 Å². The van der Waals surface area contributed by atoms with Gasteiger partial charge in [0, 0.05) is 16.1 Å². The maximum atomic E-state index is 2.51. The molecule has 0 bridgehead atoms. The van der Waals surface area contributed by atoms with E-state index in [-0.39, 0.29) is 0 Å². The van der Waals surface area contributed by atoms with Crippen LogP contribution in [0.1, 0.15) is 52.4 Å². The van der Waals surface area contributed by atoms with Gasteiger partial charge in [-0.05, 0) is 37.8 Å². The SMILES string of the molecule is CCCC/C(=C/C=C(/CCCC)C[Si](C)(C)C)C[Si](C)(C)C. The van der Waals surface area contributed by atoms with Crippen molar-refractivity contribution in [3.63, 3.8) is 0 Å². The lowest BCUT2D eigenvalue weighted by molar-refractivity contribution is 0.780. The fourth-order valence-electron chi connectivity index (χ4n) is 2.87. The third-order valence-corrected chi connectivity index (χ3v) is 6.80. The molecule has 0 aromatic carbocycles. The number of hydrogen-bond acceptors (Lipinski definition) is 0. The van der Waals surface area contributed by atoms with Crippen molar-refractivity contribution in [2.45, 2.75) is 104 Å². The topological polar surface area (TPSA) is 0 Å². The molecule has 0 atom stereocenters. The third-order valence-electron chi connectivity index (χ3n) is 3.77. The van der Waals surface area contributed by atoms with Gasteiger partial charge in [0.05, 0.1) is 0 Å². The van der Waals surface area contributed by atoms with E-state index in [4.69, 9.17) is 0 Å². The Kier molecular flexibility index (Phi) is 10.6. The first-order valence-electron chi connectivity index (χ1n) is 9.45. The molecule has 0 saturated heterocycles. The largest absolute Gasteiger partial charge is 0.0729 e. The molecule has 0 nitrogen and oxygen atoms in total. The number of hydrogen-bond donors (Lipinski definition) is 0. The van der Waals surface area contributed by atoms with E-state index in [1.54, 1.807) is 11.1 Å². The van der Waals surface area contributed by atoms with Crippen molar-refractivity contribution in [2.24, 2.45) is 0 Å². The van der Waals surface area contributed by atoms with Crippen LogP contribution in [0, 0.1) is 0 Å². The van der Waals surface area contributed by atoms with Gasteiger partial charge in [-0.3, -0.25) is 0 Å². The van der Waals surface area contributed by atoms with Crippen LogP contribution in [-0.2, 0) is 0 Å². The molecule has 0 aromatic heterocycles. The Morgan fingerprint density at radius 2 is 0.955 bits per heavy atom. The predicted octanol–water partition coefficient (Wildman–Crippen LogP) is 7.90.